The number of nitrogens with zero attached hydrogens (tertiary/aromatic N) is 3. The van der Waals surface area contributed by atoms with Crippen LogP contribution < -0.4 is 11.2 Å². The number of hydrogen-bond acceptors (Lipinski definition) is 5. The maximum atomic E-state index is 11.7. The predicted molar refractivity (Wildman–Crippen MR) is 78.9 cm³/mol. The summed E-state index contributed by atoms with van der Waals surface area (Å²) in [7, 11) is 3.84. The second kappa shape index (κ2) is 7.64. The van der Waals surface area contributed by atoms with E-state index in [1.54, 1.807) is 0 Å². The molecule has 0 saturated heterocycles. The van der Waals surface area contributed by atoms with Crippen molar-refractivity contribution in [1.82, 2.24) is 14.5 Å². The van der Waals surface area contributed by atoms with Gasteiger partial charge in [0.1, 0.15) is 5.56 Å². The number of aromatic amines is 1. The Hall–Kier alpha value is -1.89. The molecule has 0 amide bonds. The van der Waals surface area contributed by atoms with Crippen LogP contribution in [0.5, 0.6) is 5.88 Å². The van der Waals surface area contributed by atoms with Crippen LogP contribution in [0, 0.1) is 0 Å². The van der Waals surface area contributed by atoms with E-state index in [4.69, 9.17) is 0 Å². The molecule has 7 nitrogen and oxygen atoms in total. The quantitative estimate of drug-likeness (QED) is 0.690. The summed E-state index contributed by atoms with van der Waals surface area (Å²) in [4.78, 5) is 31.6. The van der Waals surface area contributed by atoms with E-state index < -0.39 is 11.2 Å². The Kier molecular flexibility index (Phi) is 6.17. The van der Waals surface area contributed by atoms with Crippen LogP contribution in [0.25, 0.3) is 0 Å². The lowest BCUT2D eigenvalue weighted by molar-refractivity contribution is 0.394. The lowest BCUT2D eigenvalue weighted by Gasteiger charge is -2.09. The van der Waals surface area contributed by atoms with Gasteiger partial charge in [-0.15, -0.1) is 0 Å². The maximum Gasteiger partial charge on any atom is 0.331 e. The van der Waals surface area contributed by atoms with Gasteiger partial charge in [0, 0.05) is 19.3 Å². The van der Waals surface area contributed by atoms with Gasteiger partial charge in [-0.3, -0.25) is 19.3 Å². The molecule has 20 heavy (non-hydrogen) atoms. The summed E-state index contributed by atoms with van der Waals surface area (Å²) >= 11 is 0. The topological polar surface area (TPSA) is 90.7 Å². The predicted octanol–water partition coefficient (Wildman–Crippen LogP) is 0.0228. The number of aliphatic imine (C=N–C) groups is 1. The molecule has 0 atom stereocenters. The average molecular weight is 282 g/mol. The van der Waals surface area contributed by atoms with Gasteiger partial charge in [-0.1, -0.05) is 13.3 Å². The van der Waals surface area contributed by atoms with Crippen molar-refractivity contribution in [2.75, 3.05) is 27.2 Å². The van der Waals surface area contributed by atoms with Gasteiger partial charge in [0.15, 0.2) is 0 Å². The Labute approximate surface area is 117 Å². The molecule has 112 valence electrons. The number of H-pyrrole nitrogens is 1. The van der Waals surface area contributed by atoms with Crippen LogP contribution >= 0.6 is 0 Å². The minimum Gasteiger partial charge on any atom is -0.494 e. The minimum absolute atomic E-state index is 0.0273. The first kappa shape index (κ1) is 16.2. The van der Waals surface area contributed by atoms with E-state index in [1.165, 1.54) is 6.21 Å². The summed E-state index contributed by atoms with van der Waals surface area (Å²) in [6.07, 6.45) is 2.95. The van der Waals surface area contributed by atoms with Gasteiger partial charge in [-0.05, 0) is 20.5 Å². The molecular weight excluding hydrogens is 260 g/mol. The molecule has 0 aliphatic carbocycles. The smallest absolute Gasteiger partial charge is 0.331 e. The van der Waals surface area contributed by atoms with Crippen LogP contribution in [0.4, 0.5) is 0 Å². The van der Waals surface area contributed by atoms with Gasteiger partial charge in [0.25, 0.3) is 5.56 Å². The van der Waals surface area contributed by atoms with Crippen molar-refractivity contribution in [3.63, 3.8) is 0 Å². The van der Waals surface area contributed by atoms with Crippen LogP contribution in [0.3, 0.4) is 0 Å². The summed E-state index contributed by atoms with van der Waals surface area (Å²) in [5, 5.41) is 10.0. The van der Waals surface area contributed by atoms with Gasteiger partial charge in [-0.25, -0.2) is 4.79 Å². The SMILES string of the molecule is CCCCn1c(O)c(C=NCCN(C)C)c(=O)[nH]c1=O. The van der Waals surface area contributed by atoms with Gasteiger partial charge >= 0.3 is 5.69 Å². The van der Waals surface area contributed by atoms with Gasteiger partial charge in [-0.2, -0.15) is 0 Å². The van der Waals surface area contributed by atoms with E-state index in [1.807, 2.05) is 25.9 Å². The number of rotatable bonds is 7. The van der Waals surface area contributed by atoms with Gasteiger partial charge in [0.05, 0.1) is 6.54 Å². The minimum atomic E-state index is -0.617. The Balaban J connectivity index is 3.01. The van der Waals surface area contributed by atoms with Crippen molar-refractivity contribution in [2.24, 2.45) is 4.99 Å². The third-order valence-electron chi connectivity index (χ3n) is 2.84. The van der Waals surface area contributed by atoms with Crippen molar-refractivity contribution in [3.8, 4) is 5.88 Å². The molecule has 1 aromatic rings. The first-order valence-corrected chi connectivity index (χ1v) is 6.68. The van der Waals surface area contributed by atoms with Crippen LogP contribution in [0.1, 0.15) is 25.3 Å². The average Bonchev–Trinajstić information content (AvgIpc) is 2.37. The standard InChI is InChI=1S/C13H22N4O3/c1-4-5-7-17-12(19)10(11(18)15-13(17)20)9-14-6-8-16(2)3/h9,19H,4-8H2,1-3H3,(H,15,18,20). The second-order valence-corrected chi connectivity index (χ2v) is 4.84. The zero-order valence-electron chi connectivity index (χ0n) is 12.2. The number of hydrogen-bond donors (Lipinski definition) is 2. The molecule has 0 unspecified atom stereocenters. The van der Waals surface area contributed by atoms with Crippen LogP contribution in [0.15, 0.2) is 14.6 Å². The Morgan fingerprint density at radius 2 is 2.10 bits per heavy atom. The first-order chi connectivity index (χ1) is 9.47. The number of aromatic nitrogens is 2. The van der Waals surface area contributed by atoms with E-state index in [0.717, 1.165) is 24.0 Å². The molecule has 0 aliphatic rings. The van der Waals surface area contributed by atoms with E-state index >= 15 is 0 Å². The van der Waals surface area contributed by atoms with Crippen molar-refractivity contribution >= 4 is 6.21 Å². The largest absolute Gasteiger partial charge is 0.494 e. The molecule has 0 saturated carbocycles. The third kappa shape index (κ3) is 4.34. The Morgan fingerprint density at radius 3 is 2.70 bits per heavy atom. The van der Waals surface area contributed by atoms with Crippen LogP contribution in [-0.4, -0.2) is 53.0 Å². The van der Waals surface area contributed by atoms with E-state index in [-0.39, 0.29) is 11.4 Å². The zero-order valence-corrected chi connectivity index (χ0v) is 12.2. The van der Waals surface area contributed by atoms with Crippen LogP contribution in [-0.2, 0) is 6.54 Å². The monoisotopic (exact) mass is 282 g/mol. The fourth-order valence-corrected chi connectivity index (χ4v) is 1.63. The fourth-order valence-electron chi connectivity index (χ4n) is 1.63. The summed E-state index contributed by atoms with van der Waals surface area (Å²) in [6, 6.07) is 0. The molecule has 0 bridgehead atoms. The van der Waals surface area contributed by atoms with Gasteiger partial charge in [0.2, 0.25) is 5.88 Å². The molecular formula is C13H22N4O3. The van der Waals surface area contributed by atoms with Gasteiger partial charge < -0.3 is 10.0 Å². The van der Waals surface area contributed by atoms with E-state index in [9.17, 15) is 14.7 Å². The summed E-state index contributed by atoms with van der Waals surface area (Å²) < 4.78 is 1.16. The molecule has 2 N–H and O–H groups in total. The van der Waals surface area contributed by atoms with E-state index in [2.05, 4.69) is 9.98 Å². The fraction of sp³-hybridized carbons (Fsp3) is 0.615. The van der Waals surface area contributed by atoms with Crippen LogP contribution in [0.2, 0.25) is 0 Å². The molecule has 1 aromatic heterocycles. The molecule has 1 heterocycles. The first-order valence-electron chi connectivity index (χ1n) is 6.68. The number of likely N-dealkylation sites (N-methyl/N-ethyl adjacent to an activating group) is 1. The molecule has 0 fully saturated rings. The summed E-state index contributed by atoms with van der Waals surface area (Å²) in [5.41, 5.74) is -1.18. The highest BCUT2D eigenvalue weighted by atomic mass is 16.3. The van der Waals surface area contributed by atoms with Crippen molar-refractivity contribution in [1.29, 1.82) is 0 Å². The normalized spacial score (nSPS) is 11.6. The third-order valence-corrected chi connectivity index (χ3v) is 2.84. The molecule has 0 aliphatic heterocycles. The van der Waals surface area contributed by atoms with E-state index in [0.29, 0.717) is 13.1 Å². The lowest BCUT2D eigenvalue weighted by atomic mass is 10.3. The highest BCUT2D eigenvalue weighted by Crippen LogP contribution is 2.08. The summed E-state index contributed by atoms with van der Waals surface area (Å²) in [5.74, 6) is -0.319. The number of unbranched alkanes of at least 4 members (excludes halogenated alkanes) is 1. The second-order valence-electron chi connectivity index (χ2n) is 4.84. The molecule has 0 aromatic carbocycles. The molecule has 7 heteroatoms. The molecule has 0 spiro atoms. The highest BCUT2D eigenvalue weighted by molar-refractivity contribution is 5.81. The molecule has 1 rings (SSSR count). The lowest BCUT2D eigenvalue weighted by Crippen LogP contribution is -2.32. The van der Waals surface area contributed by atoms with Crippen molar-refractivity contribution in [3.05, 3.63) is 26.4 Å². The Bertz CT molecular complexity index is 572. The number of nitrogens with one attached hydrogen (secondary N) is 1. The highest BCUT2D eigenvalue weighted by Gasteiger charge is 2.11. The number of aromatic hydroxyl groups is 1. The molecule has 0 radical (unpaired) electrons. The van der Waals surface area contributed by atoms with Crippen molar-refractivity contribution < 1.29 is 5.11 Å². The summed E-state index contributed by atoms with van der Waals surface area (Å²) in [6.45, 7) is 3.61. The zero-order chi connectivity index (χ0) is 15.1. The Morgan fingerprint density at radius 1 is 1.40 bits per heavy atom. The maximum absolute atomic E-state index is 11.7. The van der Waals surface area contributed by atoms with Crippen molar-refractivity contribution in [2.45, 2.75) is 26.3 Å².